The Bertz CT molecular complexity index is 1690. The fourth-order valence-electron chi connectivity index (χ4n) is 4.75. The molecule has 4 N–H and O–H groups in total. The number of anilines is 1. The van der Waals surface area contributed by atoms with Crippen molar-refractivity contribution in [2.75, 3.05) is 18.8 Å². The number of imidazole rings is 1. The van der Waals surface area contributed by atoms with E-state index in [1.54, 1.807) is 24.3 Å². The highest BCUT2D eigenvalue weighted by Crippen LogP contribution is 2.29. The van der Waals surface area contributed by atoms with Gasteiger partial charge in [0.15, 0.2) is 0 Å². The first kappa shape index (κ1) is 22.9. The number of nitrogens with zero attached hydrogens (tertiary/aromatic N) is 4. The molecule has 0 unspecified atom stereocenters. The Balaban J connectivity index is 1.26. The number of hydrogen-bond donors (Lipinski definition) is 3. The molecule has 0 spiro atoms. The number of hydrogen-bond acceptors (Lipinski definition) is 5. The molecule has 1 fully saturated rings. The summed E-state index contributed by atoms with van der Waals surface area (Å²) in [6, 6.07) is 12.2. The van der Waals surface area contributed by atoms with Gasteiger partial charge in [-0.05, 0) is 49.4 Å². The molecular formula is C26H23F2N7O2. The Morgan fingerprint density at radius 3 is 2.59 bits per heavy atom. The van der Waals surface area contributed by atoms with Crippen molar-refractivity contribution in [2.24, 2.45) is 0 Å². The van der Waals surface area contributed by atoms with Crippen LogP contribution < -0.4 is 5.73 Å². The van der Waals surface area contributed by atoms with Gasteiger partial charge in [0, 0.05) is 42.4 Å². The van der Waals surface area contributed by atoms with Gasteiger partial charge < -0.3 is 20.6 Å². The second kappa shape index (κ2) is 8.26. The maximum absolute atomic E-state index is 13.5. The number of carbonyl (C=O) groups is 2. The van der Waals surface area contributed by atoms with Gasteiger partial charge in [0.05, 0.1) is 34.2 Å². The highest BCUT2D eigenvalue weighted by atomic mass is 19.3. The maximum atomic E-state index is 13.5. The van der Waals surface area contributed by atoms with Crippen molar-refractivity contribution < 1.29 is 18.4 Å². The quantitative estimate of drug-likeness (QED) is 0.317. The molecule has 3 aromatic heterocycles. The van der Waals surface area contributed by atoms with E-state index in [-0.39, 0.29) is 49.0 Å². The molecule has 0 radical (unpaired) electrons. The van der Waals surface area contributed by atoms with Crippen LogP contribution in [0.2, 0.25) is 0 Å². The van der Waals surface area contributed by atoms with Crippen LogP contribution in [0.25, 0.3) is 27.6 Å². The van der Waals surface area contributed by atoms with Gasteiger partial charge in [-0.3, -0.25) is 9.59 Å². The average molecular weight is 504 g/mol. The fraction of sp³-hybridized carbons (Fsp3) is 0.231. The number of amides is 1. The number of aromatic nitrogens is 5. The lowest BCUT2D eigenvalue weighted by Crippen LogP contribution is -2.42. The Labute approximate surface area is 209 Å². The molecule has 0 atom stereocenters. The smallest absolute Gasteiger partial charge is 0.253 e. The van der Waals surface area contributed by atoms with Crippen LogP contribution in [0.3, 0.4) is 0 Å². The molecule has 1 aliphatic heterocycles. The van der Waals surface area contributed by atoms with Crippen molar-refractivity contribution in [3.05, 3.63) is 71.3 Å². The summed E-state index contributed by atoms with van der Waals surface area (Å²) in [5, 5.41) is 4.97. The number of ketones is 1. The van der Waals surface area contributed by atoms with E-state index in [4.69, 9.17) is 5.73 Å². The minimum absolute atomic E-state index is 0.0108. The number of benzene rings is 2. The van der Waals surface area contributed by atoms with E-state index in [0.717, 1.165) is 16.9 Å². The van der Waals surface area contributed by atoms with Gasteiger partial charge in [-0.15, -0.1) is 0 Å². The van der Waals surface area contributed by atoms with Gasteiger partial charge in [-0.2, -0.15) is 5.10 Å². The second-order valence-corrected chi connectivity index (χ2v) is 9.34. The Hall–Kier alpha value is -4.54. The molecule has 1 saturated heterocycles. The molecule has 5 aromatic rings. The van der Waals surface area contributed by atoms with E-state index in [0.29, 0.717) is 27.8 Å². The van der Waals surface area contributed by atoms with Gasteiger partial charge in [0.25, 0.3) is 11.8 Å². The first-order valence-electron chi connectivity index (χ1n) is 11.8. The minimum Gasteiger partial charge on any atom is -0.383 e. The Morgan fingerprint density at radius 2 is 1.81 bits per heavy atom. The molecule has 2 aromatic carbocycles. The Morgan fingerprint density at radius 1 is 1.03 bits per heavy atom. The normalized spacial score (nSPS) is 15.5. The summed E-state index contributed by atoms with van der Waals surface area (Å²) in [4.78, 5) is 38.2. The van der Waals surface area contributed by atoms with E-state index in [9.17, 15) is 18.4 Å². The lowest BCUT2D eigenvalue weighted by Gasteiger charge is -2.31. The predicted octanol–water partition coefficient (Wildman–Crippen LogP) is 4.22. The van der Waals surface area contributed by atoms with Gasteiger partial charge >= 0.3 is 0 Å². The van der Waals surface area contributed by atoms with Gasteiger partial charge in [-0.1, -0.05) is 0 Å². The number of carbonyl (C=O) groups excluding carboxylic acids is 2. The lowest BCUT2D eigenvalue weighted by molar-refractivity contribution is -0.0494. The number of alkyl halides is 2. The molecule has 9 nitrogen and oxygen atoms in total. The van der Waals surface area contributed by atoms with Crippen LogP contribution in [0.15, 0.2) is 48.7 Å². The number of aryl methyl sites for hydroxylation is 1. The van der Waals surface area contributed by atoms with E-state index in [1.165, 1.54) is 15.8 Å². The molecule has 37 heavy (non-hydrogen) atoms. The van der Waals surface area contributed by atoms with Gasteiger partial charge in [-0.25, -0.2) is 18.4 Å². The average Bonchev–Trinajstić information content (AvgIpc) is 3.57. The van der Waals surface area contributed by atoms with Gasteiger partial charge in [0.2, 0.25) is 5.78 Å². The number of H-pyrrole nitrogens is 2. The fourth-order valence-corrected chi connectivity index (χ4v) is 4.75. The lowest BCUT2D eigenvalue weighted by atomic mass is 10.0. The number of rotatable bonds is 4. The van der Waals surface area contributed by atoms with Crippen molar-refractivity contribution in [3.63, 3.8) is 0 Å². The number of nitrogens with two attached hydrogens (primary N) is 1. The predicted molar refractivity (Wildman–Crippen MR) is 134 cm³/mol. The van der Waals surface area contributed by atoms with Crippen LogP contribution in [-0.4, -0.2) is 60.3 Å². The van der Waals surface area contributed by atoms with E-state index in [2.05, 4.69) is 20.1 Å². The van der Waals surface area contributed by atoms with Crippen molar-refractivity contribution in [3.8, 4) is 5.69 Å². The minimum atomic E-state index is -2.73. The molecule has 6 rings (SSSR count). The third kappa shape index (κ3) is 4.02. The molecular weight excluding hydrogens is 480 g/mol. The summed E-state index contributed by atoms with van der Waals surface area (Å²) >= 11 is 0. The van der Waals surface area contributed by atoms with Crippen molar-refractivity contribution in [1.29, 1.82) is 0 Å². The van der Waals surface area contributed by atoms with Crippen molar-refractivity contribution in [2.45, 2.75) is 25.7 Å². The Kier molecular flexibility index (Phi) is 5.11. The van der Waals surface area contributed by atoms with Crippen LogP contribution >= 0.6 is 0 Å². The highest BCUT2D eigenvalue weighted by Gasteiger charge is 2.35. The van der Waals surface area contributed by atoms with Crippen molar-refractivity contribution >= 4 is 39.4 Å². The first-order valence-corrected chi connectivity index (χ1v) is 11.8. The molecule has 1 amide bonds. The summed E-state index contributed by atoms with van der Waals surface area (Å²) < 4.78 is 28.4. The van der Waals surface area contributed by atoms with Gasteiger partial charge in [0.1, 0.15) is 11.6 Å². The number of fused-ring (bicyclic) bond motifs is 2. The summed E-state index contributed by atoms with van der Waals surface area (Å²) in [5.41, 5.74) is 10.2. The molecule has 0 bridgehead atoms. The molecule has 11 heteroatoms. The van der Waals surface area contributed by atoms with Crippen LogP contribution in [0, 0.1) is 6.92 Å². The second-order valence-electron chi connectivity index (χ2n) is 9.34. The summed E-state index contributed by atoms with van der Waals surface area (Å²) in [5.74, 6) is -2.39. The van der Waals surface area contributed by atoms with Crippen LogP contribution in [0.1, 0.15) is 45.1 Å². The molecule has 0 aliphatic carbocycles. The number of aromatic amines is 2. The van der Waals surface area contributed by atoms with Crippen molar-refractivity contribution in [1.82, 2.24) is 29.6 Å². The van der Waals surface area contributed by atoms with E-state index in [1.807, 2.05) is 25.1 Å². The van der Waals surface area contributed by atoms with E-state index >= 15 is 0 Å². The standard InChI is InChI=1S/C26H23F2N7O2/c1-14-31-20-5-3-17(12-21(20)32-14)35-24(29)18(13-30-35)23(36)22-11-16-10-15(2-4-19(16)33-22)25(37)34-8-6-26(27,28)7-9-34/h2-5,10-13,33H,6-9,29H2,1H3,(H,31,32). The third-order valence-corrected chi connectivity index (χ3v) is 6.77. The number of nitrogen functional groups attached to an aromatic ring is 1. The zero-order valence-corrected chi connectivity index (χ0v) is 19.9. The van der Waals surface area contributed by atoms with Crippen LogP contribution in [-0.2, 0) is 0 Å². The SMILES string of the molecule is Cc1nc2ccc(-n3ncc(C(=O)c4cc5cc(C(=O)N6CCC(F)(F)CC6)ccc5[nH]4)c3N)cc2[nH]1. The number of nitrogens with one attached hydrogen (secondary N) is 2. The molecule has 4 heterocycles. The highest BCUT2D eigenvalue weighted by molar-refractivity contribution is 6.13. The zero-order chi connectivity index (χ0) is 25.9. The monoisotopic (exact) mass is 503 g/mol. The maximum Gasteiger partial charge on any atom is 0.253 e. The molecule has 188 valence electrons. The summed E-state index contributed by atoms with van der Waals surface area (Å²) in [7, 11) is 0. The summed E-state index contributed by atoms with van der Waals surface area (Å²) in [6.07, 6.45) is 0.745. The third-order valence-electron chi connectivity index (χ3n) is 6.77. The molecule has 0 saturated carbocycles. The number of halogens is 2. The van der Waals surface area contributed by atoms with E-state index < -0.39 is 5.92 Å². The zero-order valence-electron chi connectivity index (χ0n) is 19.9. The molecule has 1 aliphatic rings. The number of likely N-dealkylation sites (tertiary alicyclic amines) is 1. The largest absolute Gasteiger partial charge is 0.383 e. The first-order chi connectivity index (χ1) is 17.7. The van der Waals surface area contributed by atoms with Crippen LogP contribution in [0.4, 0.5) is 14.6 Å². The van der Waals surface area contributed by atoms with Crippen LogP contribution in [0.5, 0.6) is 0 Å². The topological polar surface area (TPSA) is 126 Å². The number of piperidine rings is 1. The summed E-state index contributed by atoms with van der Waals surface area (Å²) in [6.45, 7) is 1.89.